The van der Waals surface area contributed by atoms with Gasteiger partial charge in [0.1, 0.15) is 0 Å². The number of anilines is 2. The lowest BCUT2D eigenvalue weighted by Crippen LogP contribution is -2.36. The van der Waals surface area contributed by atoms with Gasteiger partial charge in [0.25, 0.3) is 0 Å². The van der Waals surface area contributed by atoms with E-state index in [1.165, 1.54) is 11.1 Å². The second-order valence-electron chi connectivity index (χ2n) is 4.28. The number of para-hydroxylation sites is 1. The monoisotopic (exact) mass is 242 g/mol. The lowest BCUT2D eigenvalue weighted by Gasteiger charge is -2.31. The van der Waals surface area contributed by atoms with Gasteiger partial charge in [-0.3, -0.25) is 0 Å². The molecule has 5 nitrogen and oxygen atoms in total. The van der Waals surface area contributed by atoms with Gasteiger partial charge in [0.15, 0.2) is 0 Å². The number of aromatic nitrogens is 2. The number of hydrogen-bond donors (Lipinski definition) is 1. The van der Waals surface area contributed by atoms with Crippen LogP contribution in [0.25, 0.3) is 0 Å². The highest BCUT2D eigenvalue weighted by atomic mass is 16.2. The van der Waals surface area contributed by atoms with Crippen molar-refractivity contribution < 1.29 is 4.79 Å². The Kier molecular flexibility index (Phi) is 2.72. The Morgan fingerprint density at radius 1 is 1.22 bits per heavy atom. The van der Waals surface area contributed by atoms with Gasteiger partial charge in [0.05, 0.1) is 18.1 Å². The molecule has 1 fully saturated rings. The van der Waals surface area contributed by atoms with Crippen LogP contribution in [0.1, 0.15) is 6.42 Å². The molecular weight excluding hydrogens is 228 g/mol. The van der Waals surface area contributed by atoms with Crippen molar-refractivity contribution in [3.05, 3.63) is 42.7 Å². The highest BCUT2D eigenvalue weighted by Crippen LogP contribution is 2.19. The number of hydrogen-bond acceptors (Lipinski definition) is 3. The minimum Gasteiger partial charge on any atom is -0.369 e. The summed E-state index contributed by atoms with van der Waals surface area (Å²) >= 11 is 0. The largest absolute Gasteiger partial charge is 0.369 e. The number of amides is 1. The predicted octanol–water partition coefficient (Wildman–Crippen LogP) is 2.17. The smallest absolute Gasteiger partial charge is 0.346 e. The van der Waals surface area contributed by atoms with E-state index in [0.29, 0.717) is 0 Å². The van der Waals surface area contributed by atoms with E-state index in [1.54, 1.807) is 12.4 Å². The van der Waals surface area contributed by atoms with Gasteiger partial charge in [-0.2, -0.15) is 9.78 Å². The third kappa shape index (κ3) is 2.07. The van der Waals surface area contributed by atoms with E-state index < -0.39 is 0 Å². The fraction of sp³-hybridized carbons (Fsp3) is 0.231. The third-order valence-corrected chi connectivity index (χ3v) is 3.02. The first-order valence-electron chi connectivity index (χ1n) is 5.99. The second-order valence-corrected chi connectivity index (χ2v) is 4.28. The van der Waals surface area contributed by atoms with E-state index in [1.807, 2.05) is 30.3 Å². The van der Waals surface area contributed by atoms with Crippen LogP contribution in [-0.2, 0) is 0 Å². The summed E-state index contributed by atoms with van der Waals surface area (Å²) < 4.78 is 1.33. The average molecular weight is 242 g/mol. The summed E-state index contributed by atoms with van der Waals surface area (Å²) in [4.78, 5) is 14.1. The molecule has 2 aromatic rings. The Hall–Kier alpha value is -2.30. The van der Waals surface area contributed by atoms with Crippen LogP contribution in [0.2, 0.25) is 0 Å². The molecule has 0 bridgehead atoms. The van der Waals surface area contributed by atoms with Gasteiger partial charge in [0.2, 0.25) is 0 Å². The van der Waals surface area contributed by atoms with E-state index in [9.17, 15) is 4.79 Å². The molecule has 0 spiro atoms. The Labute approximate surface area is 105 Å². The van der Waals surface area contributed by atoms with Gasteiger partial charge < -0.3 is 10.2 Å². The minimum absolute atomic E-state index is 0.243. The molecule has 0 aliphatic carbocycles. The maximum atomic E-state index is 11.9. The van der Waals surface area contributed by atoms with E-state index >= 15 is 0 Å². The Balaban J connectivity index is 1.70. The van der Waals surface area contributed by atoms with Crippen molar-refractivity contribution >= 4 is 17.4 Å². The zero-order valence-electron chi connectivity index (χ0n) is 9.91. The SMILES string of the molecule is O=C(Nc1ccccc1)n1cc(N2CCC2)cn1. The summed E-state index contributed by atoms with van der Waals surface area (Å²) in [5.74, 6) is 0. The number of benzene rings is 1. The first-order valence-corrected chi connectivity index (χ1v) is 5.99. The Morgan fingerprint density at radius 3 is 2.67 bits per heavy atom. The Bertz CT molecular complexity index is 545. The molecule has 1 aliphatic heterocycles. The molecule has 1 aromatic heterocycles. The average Bonchev–Trinajstić information content (AvgIpc) is 2.77. The molecule has 0 radical (unpaired) electrons. The molecule has 92 valence electrons. The van der Waals surface area contributed by atoms with Crippen molar-refractivity contribution in [3.63, 3.8) is 0 Å². The van der Waals surface area contributed by atoms with Crippen LogP contribution in [-0.4, -0.2) is 28.9 Å². The number of carbonyl (C=O) groups excluding carboxylic acids is 1. The predicted molar refractivity (Wildman–Crippen MR) is 69.9 cm³/mol. The second kappa shape index (κ2) is 4.52. The highest BCUT2D eigenvalue weighted by Gasteiger charge is 2.17. The highest BCUT2D eigenvalue weighted by molar-refractivity contribution is 5.90. The van der Waals surface area contributed by atoms with Crippen molar-refractivity contribution in [3.8, 4) is 0 Å². The molecule has 0 saturated carbocycles. The summed E-state index contributed by atoms with van der Waals surface area (Å²) in [6.45, 7) is 2.10. The first-order chi connectivity index (χ1) is 8.83. The van der Waals surface area contributed by atoms with E-state index in [2.05, 4.69) is 15.3 Å². The molecule has 1 amide bonds. The maximum Gasteiger partial charge on any atom is 0.346 e. The van der Waals surface area contributed by atoms with Gasteiger partial charge in [-0.1, -0.05) is 18.2 Å². The quantitative estimate of drug-likeness (QED) is 0.878. The minimum atomic E-state index is -0.243. The van der Waals surface area contributed by atoms with Gasteiger partial charge in [-0.05, 0) is 18.6 Å². The number of nitrogens with zero attached hydrogens (tertiary/aromatic N) is 3. The van der Waals surface area contributed by atoms with Gasteiger partial charge in [-0.15, -0.1) is 0 Å². The van der Waals surface area contributed by atoms with Crippen LogP contribution < -0.4 is 10.2 Å². The number of carbonyl (C=O) groups is 1. The summed E-state index contributed by atoms with van der Waals surface area (Å²) in [5.41, 5.74) is 1.77. The zero-order chi connectivity index (χ0) is 12.4. The zero-order valence-corrected chi connectivity index (χ0v) is 9.91. The molecule has 0 atom stereocenters. The molecule has 3 rings (SSSR count). The number of rotatable bonds is 2. The summed E-state index contributed by atoms with van der Waals surface area (Å²) in [6.07, 6.45) is 4.70. The standard InChI is InChI=1S/C13H14N4O/c18-13(15-11-5-2-1-3-6-11)17-10-12(9-14-17)16-7-4-8-16/h1-3,5-6,9-10H,4,7-8H2,(H,15,18). The topological polar surface area (TPSA) is 50.2 Å². The lowest BCUT2D eigenvalue weighted by molar-refractivity contribution is 0.251. The van der Waals surface area contributed by atoms with E-state index in [-0.39, 0.29) is 6.03 Å². The van der Waals surface area contributed by atoms with Crippen LogP contribution in [0, 0.1) is 0 Å². The maximum absolute atomic E-state index is 11.9. The lowest BCUT2D eigenvalue weighted by atomic mass is 10.2. The molecular formula is C13H14N4O. The van der Waals surface area contributed by atoms with Crippen LogP contribution >= 0.6 is 0 Å². The molecule has 1 aromatic carbocycles. The fourth-order valence-electron chi connectivity index (χ4n) is 1.86. The Morgan fingerprint density at radius 2 is 2.00 bits per heavy atom. The number of nitrogens with one attached hydrogen (secondary N) is 1. The van der Waals surface area contributed by atoms with Crippen LogP contribution in [0.3, 0.4) is 0 Å². The van der Waals surface area contributed by atoms with Crippen LogP contribution in [0.15, 0.2) is 42.7 Å². The van der Waals surface area contributed by atoms with Crippen molar-refractivity contribution in [2.75, 3.05) is 23.3 Å². The normalized spacial score (nSPS) is 14.1. The fourth-order valence-corrected chi connectivity index (χ4v) is 1.86. The molecule has 1 N–H and O–H groups in total. The summed E-state index contributed by atoms with van der Waals surface area (Å²) in [5, 5.41) is 6.87. The first kappa shape index (κ1) is 10.8. The molecule has 18 heavy (non-hydrogen) atoms. The van der Waals surface area contributed by atoms with Crippen LogP contribution in [0.4, 0.5) is 16.2 Å². The van der Waals surface area contributed by atoms with E-state index in [0.717, 1.165) is 24.5 Å². The van der Waals surface area contributed by atoms with Crippen molar-refractivity contribution in [1.29, 1.82) is 0 Å². The molecule has 2 heterocycles. The summed E-state index contributed by atoms with van der Waals surface area (Å²) in [7, 11) is 0. The van der Waals surface area contributed by atoms with Crippen molar-refractivity contribution in [2.45, 2.75) is 6.42 Å². The van der Waals surface area contributed by atoms with E-state index in [4.69, 9.17) is 0 Å². The van der Waals surface area contributed by atoms with Gasteiger partial charge >= 0.3 is 6.03 Å². The van der Waals surface area contributed by atoms with Gasteiger partial charge in [0, 0.05) is 18.8 Å². The summed E-state index contributed by atoms with van der Waals surface area (Å²) in [6, 6.07) is 9.11. The van der Waals surface area contributed by atoms with Crippen LogP contribution in [0.5, 0.6) is 0 Å². The molecule has 1 aliphatic rings. The molecule has 5 heteroatoms. The van der Waals surface area contributed by atoms with Crippen molar-refractivity contribution in [2.24, 2.45) is 0 Å². The third-order valence-electron chi connectivity index (χ3n) is 3.02. The molecule has 1 saturated heterocycles. The molecule has 0 unspecified atom stereocenters. The van der Waals surface area contributed by atoms with Crippen molar-refractivity contribution in [1.82, 2.24) is 9.78 Å². The van der Waals surface area contributed by atoms with Gasteiger partial charge in [-0.25, -0.2) is 4.79 Å².